The predicted molar refractivity (Wildman–Crippen MR) is 95.4 cm³/mol. The molecule has 0 unspecified atom stereocenters. The summed E-state index contributed by atoms with van der Waals surface area (Å²) in [5.74, 6) is 1.26. The summed E-state index contributed by atoms with van der Waals surface area (Å²) in [6.45, 7) is 0.553. The second-order valence-electron chi connectivity index (χ2n) is 6.41. The maximum Gasteiger partial charge on any atom is 0.271 e. The van der Waals surface area contributed by atoms with Gasteiger partial charge in [0.2, 0.25) is 0 Å². The Kier molecular flexibility index (Phi) is 4.12. The van der Waals surface area contributed by atoms with E-state index in [1.54, 1.807) is 42.5 Å². The van der Waals surface area contributed by atoms with Crippen molar-refractivity contribution in [1.82, 2.24) is 25.1 Å². The molecule has 0 spiro atoms. The van der Waals surface area contributed by atoms with Crippen molar-refractivity contribution in [2.45, 2.75) is 18.3 Å². The molecule has 1 N–H and O–H groups in total. The minimum Gasteiger partial charge on any atom is -0.496 e. The zero-order valence-corrected chi connectivity index (χ0v) is 14.4. The highest BCUT2D eigenvalue weighted by Gasteiger charge is 2.46. The SMILES string of the molecule is COc1ccccc1C1(CNC(=O)c2ccc(-n3ccnc3)nn2)CC1. The number of carbonyl (C=O) groups is 1. The predicted octanol–water partition coefficient (Wildman–Crippen LogP) is 2.13. The van der Waals surface area contributed by atoms with Crippen molar-refractivity contribution in [2.75, 3.05) is 13.7 Å². The molecule has 1 aliphatic rings. The number of hydrogen-bond acceptors (Lipinski definition) is 5. The fourth-order valence-electron chi connectivity index (χ4n) is 3.09. The largest absolute Gasteiger partial charge is 0.496 e. The molecule has 0 atom stereocenters. The summed E-state index contributed by atoms with van der Waals surface area (Å²) >= 11 is 0. The van der Waals surface area contributed by atoms with E-state index >= 15 is 0 Å². The van der Waals surface area contributed by atoms with Crippen molar-refractivity contribution in [2.24, 2.45) is 0 Å². The zero-order chi connectivity index (χ0) is 18.0. The van der Waals surface area contributed by atoms with Crippen molar-refractivity contribution >= 4 is 5.91 Å². The second kappa shape index (κ2) is 6.59. The monoisotopic (exact) mass is 349 g/mol. The summed E-state index contributed by atoms with van der Waals surface area (Å²) in [6.07, 6.45) is 7.12. The van der Waals surface area contributed by atoms with Crippen LogP contribution < -0.4 is 10.1 Å². The maximum absolute atomic E-state index is 12.4. The zero-order valence-electron chi connectivity index (χ0n) is 14.4. The van der Waals surface area contributed by atoms with Crippen molar-refractivity contribution < 1.29 is 9.53 Å². The number of carbonyl (C=O) groups excluding carboxylic acids is 1. The lowest BCUT2D eigenvalue weighted by molar-refractivity contribution is 0.0943. The average Bonchev–Trinajstić information content (AvgIpc) is 3.28. The average molecular weight is 349 g/mol. The number of rotatable bonds is 6. The molecule has 1 saturated carbocycles. The van der Waals surface area contributed by atoms with Gasteiger partial charge < -0.3 is 10.1 Å². The Morgan fingerprint density at radius 2 is 2.08 bits per heavy atom. The first-order valence-electron chi connectivity index (χ1n) is 8.46. The standard InChI is InChI=1S/C19H19N5O2/c1-26-16-5-3-2-4-14(16)19(8-9-19)12-21-18(25)15-6-7-17(23-22-15)24-11-10-20-13-24/h2-7,10-11,13H,8-9,12H2,1H3,(H,21,25). The van der Waals surface area contributed by atoms with E-state index in [4.69, 9.17) is 4.74 Å². The van der Waals surface area contributed by atoms with Crippen molar-refractivity contribution in [3.8, 4) is 11.6 Å². The molecule has 0 aliphatic heterocycles. The van der Waals surface area contributed by atoms with E-state index in [1.165, 1.54) is 0 Å². The van der Waals surface area contributed by atoms with E-state index in [0.717, 1.165) is 24.2 Å². The van der Waals surface area contributed by atoms with Gasteiger partial charge in [-0.05, 0) is 31.0 Å². The lowest BCUT2D eigenvalue weighted by Crippen LogP contribution is -2.33. The first kappa shape index (κ1) is 16.3. The van der Waals surface area contributed by atoms with Gasteiger partial charge in [0, 0.05) is 29.9 Å². The molecule has 26 heavy (non-hydrogen) atoms. The van der Waals surface area contributed by atoms with Gasteiger partial charge in [-0.15, -0.1) is 10.2 Å². The van der Waals surface area contributed by atoms with Gasteiger partial charge in [0.05, 0.1) is 7.11 Å². The molecule has 1 aromatic carbocycles. The number of nitrogens with zero attached hydrogens (tertiary/aromatic N) is 4. The Bertz CT molecular complexity index is 902. The second-order valence-corrected chi connectivity index (χ2v) is 6.41. The lowest BCUT2D eigenvalue weighted by Gasteiger charge is -2.19. The fourth-order valence-corrected chi connectivity index (χ4v) is 3.09. The molecule has 0 bridgehead atoms. The quantitative estimate of drug-likeness (QED) is 0.737. The van der Waals surface area contributed by atoms with Gasteiger partial charge in [0.15, 0.2) is 11.5 Å². The summed E-state index contributed by atoms with van der Waals surface area (Å²) in [4.78, 5) is 16.4. The van der Waals surface area contributed by atoms with E-state index < -0.39 is 0 Å². The van der Waals surface area contributed by atoms with E-state index in [-0.39, 0.29) is 11.3 Å². The van der Waals surface area contributed by atoms with Gasteiger partial charge in [-0.25, -0.2) is 4.98 Å². The molecular weight excluding hydrogens is 330 g/mol. The van der Waals surface area contributed by atoms with E-state index in [1.807, 2.05) is 18.2 Å². The van der Waals surface area contributed by atoms with Crippen LogP contribution in [-0.2, 0) is 5.41 Å². The van der Waals surface area contributed by atoms with E-state index in [9.17, 15) is 4.79 Å². The van der Waals surface area contributed by atoms with Crippen LogP contribution in [0, 0.1) is 0 Å². The molecule has 4 rings (SSSR count). The summed E-state index contributed by atoms with van der Waals surface area (Å²) < 4.78 is 7.20. The highest BCUT2D eigenvalue weighted by atomic mass is 16.5. The topological polar surface area (TPSA) is 81.9 Å². The minimum absolute atomic E-state index is 0.0492. The smallest absolute Gasteiger partial charge is 0.271 e. The van der Waals surface area contributed by atoms with Gasteiger partial charge in [-0.2, -0.15) is 0 Å². The maximum atomic E-state index is 12.4. The summed E-state index contributed by atoms with van der Waals surface area (Å²) in [6, 6.07) is 11.4. The highest BCUT2D eigenvalue weighted by Crippen LogP contribution is 2.50. The summed E-state index contributed by atoms with van der Waals surface area (Å²) in [5.41, 5.74) is 1.39. The fraction of sp³-hybridized carbons (Fsp3) is 0.263. The summed E-state index contributed by atoms with van der Waals surface area (Å²) in [5, 5.41) is 11.1. The van der Waals surface area contributed by atoms with Gasteiger partial charge >= 0.3 is 0 Å². The molecule has 7 nitrogen and oxygen atoms in total. The first-order chi connectivity index (χ1) is 12.7. The molecule has 3 aromatic rings. The van der Waals surface area contributed by atoms with Crippen LogP contribution in [0.5, 0.6) is 5.75 Å². The molecule has 2 heterocycles. The van der Waals surface area contributed by atoms with Crippen LogP contribution in [-0.4, -0.2) is 39.3 Å². The van der Waals surface area contributed by atoms with E-state index in [2.05, 4.69) is 26.6 Å². The Morgan fingerprint density at radius 3 is 2.73 bits per heavy atom. The molecule has 0 saturated heterocycles. The number of para-hydroxylation sites is 1. The van der Waals surface area contributed by atoms with E-state index in [0.29, 0.717) is 18.1 Å². The lowest BCUT2D eigenvalue weighted by atomic mass is 9.95. The number of nitrogens with one attached hydrogen (secondary N) is 1. The molecule has 1 aliphatic carbocycles. The van der Waals surface area contributed by atoms with Crippen LogP contribution >= 0.6 is 0 Å². The van der Waals surface area contributed by atoms with Crippen molar-refractivity contribution in [3.05, 3.63) is 66.4 Å². The van der Waals surface area contributed by atoms with Gasteiger partial charge in [0.1, 0.15) is 12.1 Å². The Balaban J connectivity index is 1.44. The van der Waals surface area contributed by atoms with Gasteiger partial charge in [-0.1, -0.05) is 18.2 Å². The normalized spacial score (nSPS) is 14.7. The van der Waals surface area contributed by atoms with Crippen LogP contribution in [0.25, 0.3) is 5.82 Å². The number of aromatic nitrogens is 4. The number of methoxy groups -OCH3 is 1. The number of benzene rings is 1. The molecule has 1 amide bonds. The van der Waals surface area contributed by atoms with Crippen molar-refractivity contribution in [3.63, 3.8) is 0 Å². The van der Waals surface area contributed by atoms with Crippen LogP contribution in [0.3, 0.4) is 0 Å². The third kappa shape index (κ3) is 3.03. The number of amides is 1. The van der Waals surface area contributed by atoms with Crippen LogP contribution in [0.1, 0.15) is 28.9 Å². The Morgan fingerprint density at radius 1 is 1.23 bits per heavy atom. The third-order valence-corrected chi connectivity index (χ3v) is 4.77. The number of hydrogen-bond donors (Lipinski definition) is 1. The van der Waals surface area contributed by atoms with Crippen LogP contribution in [0.4, 0.5) is 0 Å². The Labute approximate surface area is 151 Å². The Hall–Kier alpha value is -3.22. The third-order valence-electron chi connectivity index (χ3n) is 4.77. The van der Waals surface area contributed by atoms with Gasteiger partial charge in [0.25, 0.3) is 5.91 Å². The number of ether oxygens (including phenoxy) is 1. The molecule has 132 valence electrons. The van der Waals surface area contributed by atoms with Gasteiger partial charge in [-0.3, -0.25) is 9.36 Å². The molecule has 0 radical (unpaired) electrons. The van der Waals surface area contributed by atoms with Crippen molar-refractivity contribution in [1.29, 1.82) is 0 Å². The van der Waals surface area contributed by atoms with Crippen LogP contribution in [0.2, 0.25) is 0 Å². The summed E-state index contributed by atoms with van der Waals surface area (Å²) in [7, 11) is 1.67. The number of imidazole rings is 1. The first-order valence-corrected chi connectivity index (χ1v) is 8.46. The van der Waals surface area contributed by atoms with Crippen LogP contribution in [0.15, 0.2) is 55.1 Å². The highest BCUT2D eigenvalue weighted by molar-refractivity contribution is 5.92. The molecule has 7 heteroatoms. The molecule has 2 aromatic heterocycles. The minimum atomic E-state index is -0.226. The molecular formula is C19H19N5O2. The molecule has 1 fully saturated rings.